The highest BCUT2D eigenvalue weighted by molar-refractivity contribution is 7.92. The second kappa shape index (κ2) is 10.5. The topological polar surface area (TPSA) is 86.8 Å². The average molecular weight is 507 g/mol. The molecule has 2 rings (SSSR count). The molecule has 0 heterocycles. The number of nitrogens with one attached hydrogen (secondary N) is 1. The standard InChI is InChI=1S/C20H22Cl3N3O4S/c1-13(20(28)24-2)25(11-14-4-5-16(22)10-18(14)23)19(27)12-26(31(3,29)30)17-8-6-15(21)7-9-17/h4-10,13H,11-12H2,1-3H3,(H,24,28). The maximum Gasteiger partial charge on any atom is 0.244 e. The zero-order chi connectivity index (χ0) is 23.3. The van der Waals surface area contributed by atoms with Crippen LogP contribution in [0.25, 0.3) is 0 Å². The summed E-state index contributed by atoms with van der Waals surface area (Å²) < 4.78 is 25.7. The Balaban J connectivity index is 2.40. The molecule has 1 unspecified atom stereocenters. The van der Waals surface area contributed by atoms with Crippen molar-refractivity contribution < 1.29 is 18.0 Å². The smallest absolute Gasteiger partial charge is 0.244 e. The van der Waals surface area contributed by atoms with Gasteiger partial charge in [-0.2, -0.15) is 0 Å². The number of hydrogen-bond donors (Lipinski definition) is 1. The van der Waals surface area contributed by atoms with E-state index in [4.69, 9.17) is 34.8 Å². The molecule has 0 radical (unpaired) electrons. The highest BCUT2D eigenvalue weighted by atomic mass is 35.5. The van der Waals surface area contributed by atoms with E-state index in [9.17, 15) is 18.0 Å². The lowest BCUT2D eigenvalue weighted by Crippen LogP contribution is -2.50. The molecule has 0 saturated carbocycles. The fraction of sp³-hybridized carbons (Fsp3) is 0.300. The van der Waals surface area contributed by atoms with Crippen molar-refractivity contribution >= 4 is 62.3 Å². The summed E-state index contributed by atoms with van der Waals surface area (Å²) in [5.41, 5.74) is 0.838. The van der Waals surface area contributed by atoms with Crippen molar-refractivity contribution in [2.45, 2.75) is 19.5 Å². The number of halogens is 3. The van der Waals surface area contributed by atoms with Crippen LogP contribution in [0.2, 0.25) is 15.1 Å². The number of hydrogen-bond acceptors (Lipinski definition) is 4. The number of amides is 2. The molecular formula is C20H22Cl3N3O4S. The molecule has 0 bridgehead atoms. The number of benzene rings is 2. The van der Waals surface area contributed by atoms with Crippen molar-refractivity contribution in [1.82, 2.24) is 10.2 Å². The van der Waals surface area contributed by atoms with Crippen LogP contribution in [-0.2, 0) is 26.2 Å². The Morgan fingerprint density at radius 3 is 2.13 bits per heavy atom. The molecule has 0 fully saturated rings. The molecule has 7 nitrogen and oxygen atoms in total. The molecular weight excluding hydrogens is 485 g/mol. The van der Waals surface area contributed by atoms with Crippen molar-refractivity contribution in [2.75, 3.05) is 24.2 Å². The van der Waals surface area contributed by atoms with Crippen LogP contribution in [0.15, 0.2) is 42.5 Å². The average Bonchev–Trinajstić information content (AvgIpc) is 2.70. The number of carbonyl (C=O) groups excluding carboxylic acids is 2. The van der Waals surface area contributed by atoms with E-state index in [2.05, 4.69) is 5.32 Å². The van der Waals surface area contributed by atoms with E-state index in [1.54, 1.807) is 19.1 Å². The number of anilines is 1. The van der Waals surface area contributed by atoms with Crippen molar-refractivity contribution in [3.63, 3.8) is 0 Å². The molecule has 0 saturated heterocycles. The highest BCUT2D eigenvalue weighted by Gasteiger charge is 2.30. The van der Waals surface area contributed by atoms with Gasteiger partial charge in [-0.05, 0) is 48.9 Å². The van der Waals surface area contributed by atoms with Gasteiger partial charge in [0, 0.05) is 28.7 Å². The van der Waals surface area contributed by atoms with E-state index < -0.39 is 34.4 Å². The molecule has 0 aliphatic carbocycles. The summed E-state index contributed by atoms with van der Waals surface area (Å²) in [6.45, 7) is 1.03. The summed E-state index contributed by atoms with van der Waals surface area (Å²) >= 11 is 18.1. The Morgan fingerprint density at radius 1 is 1.03 bits per heavy atom. The van der Waals surface area contributed by atoms with Gasteiger partial charge in [-0.25, -0.2) is 8.42 Å². The van der Waals surface area contributed by atoms with Gasteiger partial charge in [0.1, 0.15) is 12.6 Å². The first-order valence-electron chi connectivity index (χ1n) is 9.12. The lowest BCUT2D eigenvalue weighted by Gasteiger charge is -2.31. The molecule has 2 aromatic rings. The largest absolute Gasteiger partial charge is 0.357 e. The molecule has 2 aromatic carbocycles. The van der Waals surface area contributed by atoms with Crippen LogP contribution in [0.4, 0.5) is 5.69 Å². The highest BCUT2D eigenvalue weighted by Crippen LogP contribution is 2.24. The third-order valence-corrected chi connectivity index (χ3v) is 6.54. The Kier molecular flexibility index (Phi) is 8.59. The number of carbonyl (C=O) groups is 2. The predicted molar refractivity (Wildman–Crippen MR) is 124 cm³/mol. The number of rotatable bonds is 8. The minimum Gasteiger partial charge on any atom is -0.357 e. The van der Waals surface area contributed by atoms with Gasteiger partial charge in [0.25, 0.3) is 0 Å². The molecule has 11 heteroatoms. The Hall–Kier alpha value is -2.00. The molecule has 0 spiro atoms. The maximum absolute atomic E-state index is 13.2. The van der Waals surface area contributed by atoms with Crippen LogP contribution in [0.3, 0.4) is 0 Å². The SMILES string of the molecule is CNC(=O)C(C)N(Cc1ccc(Cl)cc1Cl)C(=O)CN(c1ccc(Cl)cc1)S(C)(=O)=O. The van der Waals surface area contributed by atoms with Gasteiger partial charge in [0.05, 0.1) is 11.9 Å². The first-order valence-corrected chi connectivity index (χ1v) is 12.1. The van der Waals surface area contributed by atoms with Gasteiger partial charge < -0.3 is 10.2 Å². The number of nitrogens with zero attached hydrogens (tertiary/aromatic N) is 2. The molecule has 168 valence electrons. The van der Waals surface area contributed by atoms with Gasteiger partial charge in [-0.1, -0.05) is 40.9 Å². The van der Waals surface area contributed by atoms with Crippen LogP contribution in [0.5, 0.6) is 0 Å². The molecule has 0 aliphatic heterocycles. The van der Waals surface area contributed by atoms with E-state index in [-0.39, 0.29) is 12.2 Å². The van der Waals surface area contributed by atoms with E-state index in [1.165, 1.54) is 42.3 Å². The minimum absolute atomic E-state index is 0.0123. The first kappa shape index (κ1) is 25.3. The second-order valence-electron chi connectivity index (χ2n) is 6.79. The van der Waals surface area contributed by atoms with Crippen LogP contribution in [0, 0.1) is 0 Å². The normalized spacial score (nSPS) is 12.2. The molecule has 2 amide bonds. The quantitative estimate of drug-likeness (QED) is 0.593. The van der Waals surface area contributed by atoms with E-state index >= 15 is 0 Å². The third kappa shape index (κ3) is 6.74. The zero-order valence-electron chi connectivity index (χ0n) is 17.1. The predicted octanol–water partition coefficient (Wildman–Crippen LogP) is 3.58. The zero-order valence-corrected chi connectivity index (χ0v) is 20.2. The van der Waals surface area contributed by atoms with Gasteiger partial charge in [0.2, 0.25) is 21.8 Å². The van der Waals surface area contributed by atoms with Crippen LogP contribution in [-0.4, -0.2) is 51.0 Å². The minimum atomic E-state index is -3.80. The van der Waals surface area contributed by atoms with Crippen LogP contribution < -0.4 is 9.62 Å². The Labute approximate surface area is 196 Å². The van der Waals surface area contributed by atoms with Gasteiger partial charge >= 0.3 is 0 Å². The summed E-state index contributed by atoms with van der Waals surface area (Å²) in [7, 11) is -2.35. The third-order valence-electron chi connectivity index (χ3n) is 4.56. The molecule has 0 aromatic heterocycles. The Bertz CT molecular complexity index is 1060. The molecule has 1 atom stereocenters. The fourth-order valence-electron chi connectivity index (χ4n) is 2.85. The first-order chi connectivity index (χ1) is 14.4. The van der Waals surface area contributed by atoms with E-state index in [0.717, 1.165) is 10.6 Å². The van der Waals surface area contributed by atoms with Crippen molar-refractivity contribution in [3.05, 3.63) is 63.1 Å². The van der Waals surface area contributed by atoms with E-state index in [0.29, 0.717) is 20.6 Å². The fourth-order valence-corrected chi connectivity index (χ4v) is 4.29. The monoisotopic (exact) mass is 505 g/mol. The molecule has 31 heavy (non-hydrogen) atoms. The number of likely N-dealkylation sites (N-methyl/N-ethyl adjacent to an activating group) is 1. The van der Waals surface area contributed by atoms with Gasteiger partial charge in [-0.3, -0.25) is 13.9 Å². The number of sulfonamides is 1. The maximum atomic E-state index is 13.2. The molecule has 1 N–H and O–H groups in total. The van der Waals surface area contributed by atoms with Crippen molar-refractivity contribution in [3.8, 4) is 0 Å². The lowest BCUT2D eigenvalue weighted by atomic mass is 10.1. The summed E-state index contributed by atoms with van der Waals surface area (Å²) in [5, 5.41) is 3.68. The second-order valence-corrected chi connectivity index (χ2v) is 9.98. The van der Waals surface area contributed by atoms with Gasteiger partial charge in [0.15, 0.2) is 0 Å². The van der Waals surface area contributed by atoms with Crippen LogP contribution in [0.1, 0.15) is 12.5 Å². The summed E-state index contributed by atoms with van der Waals surface area (Å²) in [4.78, 5) is 26.8. The van der Waals surface area contributed by atoms with E-state index in [1.807, 2.05) is 0 Å². The van der Waals surface area contributed by atoms with Crippen molar-refractivity contribution in [1.29, 1.82) is 0 Å². The Morgan fingerprint density at radius 2 is 1.61 bits per heavy atom. The van der Waals surface area contributed by atoms with Gasteiger partial charge in [-0.15, -0.1) is 0 Å². The lowest BCUT2D eigenvalue weighted by molar-refractivity contribution is -0.139. The molecule has 0 aliphatic rings. The van der Waals surface area contributed by atoms with Crippen LogP contribution >= 0.6 is 34.8 Å². The summed E-state index contributed by atoms with van der Waals surface area (Å²) in [6.07, 6.45) is 0.997. The van der Waals surface area contributed by atoms with Crippen molar-refractivity contribution in [2.24, 2.45) is 0 Å². The summed E-state index contributed by atoms with van der Waals surface area (Å²) in [6, 6.07) is 9.97. The summed E-state index contributed by atoms with van der Waals surface area (Å²) in [5.74, 6) is -0.988.